The minimum Gasteiger partial charge on any atom is -0.395 e. The van der Waals surface area contributed by atoms with Gasteiger partial charge < -0.3 is 5.73 Å². The van der Waals surface area contributed by atoms with Gasteiger partial charge in [0, 0.05) is 11.1 Å². The minimum atomic E-state index is -0.272. The van der Waals surface area contributed by atoms with Crippen LogP contribution in [0.5, 0.6) is 0 Å². The second-order valence-electron chi connectivity index (χ2n) is 5.00. The van der Waals surface area contributed by atoms with Gasteiger partial charge >= 0.3 is 0 Å². The summed E-state index contributed by atoms with van der Waals surface area (Å²) < 4.78 is 0. The Hall–Kier alpha value is -2.68. The Morgan fingerprint density at radius 1 is 0.810 bits per heavy atom. The largest absolute Gasteiger partial charge is 0.395 e. The van der Waals surface area contributed by atoms with Gasteiger partial charge in [0.25, 0.3) is 0 Å². The number of nitrogens with two attached hydrogens (primary N) is 1. The molecule has 0 aromatic heterocycles. The van der Waals surface area contributed by atoms with Gasteiger partial charge in [-0.25, -0.2) is 0 Å². The average molecular weight is 277 g/mol. The zero-order valence-corrected chi connectivity index (χ0v) is 11.7. The molecular formula is C18H15NO2. The normalized spacial score (nSPS) is 14.3. The first kappa shape index (κ1) is 13.3. The average Bonchev–Trinajstić information content (AvgIpc) is 2.53. The molecule has 3 nitrogen and oxygen atoms in total. The van der Waals surface area contributed by atoms with Crippen molar-refractivity contribution in [1.82, 2.24) is 0 Å². The van der Waals surface area contributed by atoms with E-state index in [1.54, 1.807) is 24.3 Å². The van der Waals surface area contributed by atoms with E-state index in [0.717, 1.165) is 17.5 Å². The summed E-state index contributed by atoms with van der Waals surface area (Å²) in [6.45, 7) is 2.01. The van der Waals surface area contributed by atoms with E-state index in [-0.39, 0.29) is 17.3 Å². The molecule has 3 rings (SSSR count). The van der Waals surface area contributed by atoms with Gasteiger partial charge in [-0.1, -0.05) is 55.5 Å². The fraction of sp³-hybridized carbons (Fsp3) is 0.111. The Morgan fingerprint density at radius 2 is 1.33 bits per heavy atom. The van der Waals surface area contributed by atoms with E-state index in [1.807, 2.05) is 31.2 Å². The highest BCUT2D eigenvalue weighted by Gasteiger charge is 2.31. The number of hydrogen-bond donors (Lipinski definition) is 1. The molecule has 2 aromatic carbocycles. The van der Waals surface area contributed by atoms with Crippen LogP contribution in [0.4, 0.5) is 0 Å². The number of rotatable bonds is 2. The number of carbonyl (C=O) groups excluding carboxylic acids is 2. The molecule has 0 aliphatic heterocycles. The lowest BCUT2D eigenvalue weighted by Gasteiger charge is -2.20. The van der Waals surface area contributed by atoms with Gasteiger partial charge in [0.15, 0.2) is 5.78 Å². The van der Waals surface area contributed by atoms with Crippen LogP contribution in [0.3, 0.4) is 0 Å². The SMILES string of the molecule is CCc1ccccc1C1=C(N)C(=O)c2ccccc2C1=O. The molecule has 0 saturated heterocycles. The Balaban J connectivity index is 2.26. The standard InChI is InChI=1S/C18H15NO2/c1-2-11-7-3-4-8-12(11)15-16(19)18(21)14-10-6-5-9-13(14)17(15)20/h3-10H,2,19H2,1H3. The fourth-order valence-electron chi connectivity index (χ4n) is 2.73. The Morgan fingerprint density at radius 3 is 1.95 bits per heavy atom. The predicted octanol–water partition coefficient (Wildman–Crippen LogP) is 3.00. The fourth-order valence-corrected chi connectivity index (χ4v) is 2.73. The number of Topliss-reactive ketones (excluding diaryl/α,β-unsaturated/α-hetero) is 2. The lowest BCUT2D eigenvalue weighted by molar-refractivity contribution is 0.0990. The van der Waals surface area contributed by atoms with Gasteiger partial charge in [-0.2, -0.15) is 0 Å². The van der Waals surface area contributed by atoms with Crippen molar-refractivity contribution < 1.29 is 9.59 Å². The first-order valence-electron chi connectivity index (χ1n) is 6.91. The maximum atomic E-state index is 12.8. The summed E-state index contributed by atoms with van der Waals surface area (Å²) >= 11 is 0. The molecule has 21 heavy (non-hydrogen) atoms. The smallest absolute Gasteiger partial charge is 0.210 e. The maximum Gasteiger partial charge on any atom is 0.210 e. The molecule has 1 aliphatic carbocycles. The molecule has 0 saturated carbocycles. The molecule has 1 aliphatic rings. The summed E-state index contributed by atoms with van der Waals surface area (Å²) in [6.07, 6.45) is 0.774. The van der Waals surface area contributed by atoms with Crippen molar-refractivity contribution in [2.45, 2.75) is 13.3 Å². The monoisotopic (exact) mass is 277 g/mol. The van der Waals surface area contributed by atoms with E-state index in [0.29, 0.717) is 16.7 Å². The van der Waals surface area contributed by atoms with Crippen molar-refractivity contribution in [1.29, 1.82) is 0 Å². The van der Waals surface area contributed by atoms with Gasteiger partial charge in [-0.15, -0.1) is 0 Å². The van der Waals surface area contributed by atoms with Crippen LogP contribution in [0.25, 0.3) is 5.57 Å². The molecule has 2 N–H and O–H groups in total. The Labute approximate surface area is 123 Å². The first-order valence-corrected chi connectivity index (χ1v) is 6.91. The number of ketones is 2. The van der Waals surface area contributed by atoms with Gasteiger partial charge in [0.05, 0.1) is 11.3 Å². The zero-order chi connectivity index (χ0) is 15.0. The third-order valence-corrected chi connectivity index (χ3v) is 3.82. The van der Waals surface area contributed by atoms with Gasteiger partial charge in [0.1, 0.15) is 0 Å². The van der Waals surface area contributed by atoms with Crippen molar-refractivity contribution >= 4 is 17.1 Å². The Kier molecular flexibility index (Phi) is 3.18. The molecule has 0 unspecified atom stereocenters. The number of carbonyl (C=O) groups is 2. The summed E-state index contributed by atoms with van der Waals surface area (Å²) in [7, 11) is 0. The van der Waals surface area contributed by atoms with Crippen LogP contribution in [-0.2, 0) is 6.42 Å². The summed E-state index contributed by atoms with van der Waals surface area (Å²) in [4.78, 5) is 25.2. The van der Waals surface area contributed by atoms with Crippen molar-refractivity contribution in [2.75, 3.05) is 0 Å². The number of allylic oxidation sites excluding steroid dienone is 2. The van der Waals surface area contributed by atoms with E-state index in [1.165, 1.54) is 0 Å². The van der Waals surface area contributed by atoms with Crippen LogP contribution in [0, 0.1) is 0 Å². The van der Waals surface area contributed by atoms with Crippen LogP contribution in [-0.4, -0.2) is 11.6 Å². The zero-order valence-electron chi connectivity index (χ0n) is 11.7. The second kappa shape index (κ2) is 5.02. The van der Waals surface area contributed by atoms with Crippen LogP contribution < -0.4 is 5.73 Å². The number of hydrogen-bond acceptors (Lipinski definition) is 3. The van der Waals surface area contributed by atoms with E-state index < -0.39 is 0 Å². The number of benzene rings is 2. The van der Waals surface area contributed by atoms with E-state index in [4.69, 9.17) is 5.73 Å². The molecule has 2 aromatic rings. The van der Waals surface area contributed by atoms with Crippen LogP contribution in [0.15, 0.2) is 54.2 Å². The van der Waals surface area contributed by atoms with Crippen molar-refractivity contribution in [3.63, 3.8) is 0 Å². The highest BCUT2D eigenvalue weighted by molar-refractivity contribution is 6.40. The molecule has 0 atom stereocenters. The first-order chi connectivity index (χ1) is 10.1. The highest BCUT2D eigenvalue weighted by atomic mass is 16.1. The van der Waals surface area contributed by atoms with Gasteiger partial charge in [0.2, 0.25) is 5.78 Å². The van der Waals surface area contributed by atoms with Crippen LogP contribution in [0.1, 0.15) is 38.8 Å². The van der Waals surface area contributed by atoms with Crippen LogP contribution in [0.2, 0.25) is 0 Å². The van der Waals surface area contributed by atoms with Crippen molar-refractivity contribution in [2.24, 2.45) is 5.73 Å². The van der Waals surface area contributed by atoms with E-state index >= 15 is 0 Å². The molecule has 104 valence electrons. The summed E-state index contributed by atoms with van der Waals surface area (Å²) in [5, 5.41) is 0. The molecule has 0 fully saturated rings. The topological polar surface area (TPSA) is 60.2 Å². The molecule has 0 radical (unpaired) electrons. The molecule has 3 heteroatoms. The quantitative estimate of drug-likeness (QED) is 0.918. The molecular weight excluding hydrogens is 262 g/mol. The molecule has 0 heterocycles. The number of fused-ring (bicyclic) bond motifs is 1. The maximum absolute atomic E-state index is 12.8. The minimum absolute atomic E-state index is 0.0413. The number of aryl methyl sites for hydroxylation is 1. The predicted molar refractivity (Wildman–Crippen MR) is 82.0 cm³/mol. The molecule has 0 amide bonds. The lowest BCUT2D eigenvalue weighted by atomic mass is 9.82. The summed E-state index contributed by atoms with van der Waals surface area (Å²) in [5.74, 6) is -0.449. The Bertz CT molecular complexity index is 787. The highest BCUT2D eigenvalue weighted by Crippen LogP contribution is 2.32. The van der Waals surface area contributed by atoms with Crippen molar-refractivity contribution in [3.8, 4) is 0 Å². The van der Waals surface area contributed by atoms with E-state index in [9.17, 15) is 9.59 Å². The van der Waals surface area contributed by atoms with Crippen molar-refractivity contribution in [3.05, 3.63) is 76.5 Å². The van der Waals surface area contributed by atoms with Gasteiger partial charge in [-0.3, -0.25) is 9.59 Å². The van der Waals surface area contributed by atoms with Gasteiger partial charge in [-0.05, 0) is 17.5 Å². The molecule has 0 bridgehead atoms. The third-order valence-electron chi connectivity index (χ3n) is 3.82. The lowest BCUT2D eigenvalue weighted by Crippen LogP contribution is -2.26. The second-order valence-corrected chi connectivity index (χ2v) is 5.00. The van der Waals surface area contributed by atoms with E-state index in [2.05, 4.69) is 0 Å². The summed E-state index contributed by atoms with van der Waals surface area (Å²) in [5.41, 5.74) is 8.94. The third kappa shape index (κ3) is 1.98. The summed E-state index contributed by atoms with van der Waals surface area (Å²) in [6, 6.07) is 14.4. The van der Waals surface area contributed by atoms with Crippen LogP contribution >= 0.6 is 0 Å². The molecule has 0 spiro atoms.